The highest BCUT2D eigenvalue weighted by molar-refractivity contribution is 5.61. The van der Waals surface area contributed by atoms with Gasteiger partial charge < -0.3 is 24.8 Å². The Bertz CT molecular complexity index is 622. The predicted molar refractivity (Wildman–Crippen MR) is 89.8 cm³/mol. The molecule has 0 aliphatic heterocycles. The van der Waals surface area contributed by atoms with E-state index < -0.39 is 0 Å². The summed E-state index contributed by atoms with van der Waals surface area (Å²) < 4.78 is 15.5. The summed E-state index contributed by atoms with van der Waals surface area (Å²) in [7, 11) is 4.90. The third kappa shape index (κ3) is 5.00. The largest absolute Gasteiger partial charge is 0.493 e. The monoisotopic (exact) mass is 318 g/mol. The van der Waals surface area contributed by atoms with Crippen LogP contribution in [0.3, 0.4) is 0 Å². The second-order valence-electron chi connectivity index (χ2n) is 4.73. The van der Waals surface area contributed by atoms with Gasteiger partial charge >= 0.3 is 0 Å². The number of ether oxygens (including phenoxy) is 3. The second kappa shape index (κ2) is 8.79. The molecule has 1 aromatic heterocycles. The van der Waals surface area contributed by atoms with Gasteiger partial charge in [0.1, 0.15) is 5.82 Å². The first-order valence-electron chi connectivity index (χ1n) is 7.31. The molecule has 0 fully saturated rings. The zero-order valence-corrected chi connectivity index (χ0v) is 13.6. The molecule has 7 heteroatoms. The molecule has 0 aliphatic rings. The van der Waals surface area contributed by atoms with E-state index in [0.717, 1.165) is 18.7 Å². The fraction of sp³-hybridized carbons (Fsp3) is 0.375. The standard InChI is InChI=1S/C16H22N4O3/c1-21-10-4-8-17-16-18-9-7-15(20-16)19-12-5-6-13(22-2)14(11-12)23-3/h5-7,9,11H,4,8,10H2,1-3H3,(H2,17,18,19,20). The van der Waals surface area contributed by atoms with Crippen LogP contribution in [0.1, 0.15) is 6.42 Å². The average molecular weight is 318 g/mol. The van der Waals surface area contributed by atoms with Gasteiger partial charge in [-0.25, -0.2) is 4.98 Å². The highest BCUT2D eigenvalue weighted by atomic mass is 16.5. The smallest absolute Gasteiger partial charge is 0.224 e. The Kier molecular flexibility index (Phi) is 6.43. The quantitative estimate of drug-likeness (QED) is 0.688. The van der Waals surface area contributed by atoms with Crippen LogP contribution in [0.25, 0.3) is 0 Å². The maximum atomic E-state index is 5.29. The second-order valence-corrected chi connectivity index (χ2v) is 4.73. The van der Waals surface area contributed by atoms with Crippen LogP contribution in [0.2, 0.25) is 0 Å². The number of hydrogen-bond acceptors (Lipinski definition) is 7. The van der Waals surface area contributed by atoms with Crippen molar-refractivity contribution in [2.45, 2.75) is 6.42 Å². The lowest BCUT2D eigenvalue weighted by atomic mass is 10.2. The lowest BCUT2D eigenvalue weighted by Gasteiger charge is -2.11. The Hall–Kier alpha value is -2.54. The average Bonchev–Trinajstić information content (AvgIpc) is 2.59. The lowest BCUT2D eigenvalue weighted by molar-refractivity contribution is 0.197. The number of methoxy groups -OCH3 is 3. The summed E-state index contributed by atoms with van der Waals surface area (Å²) in [6.07, 6.45) is 2.60. The minimum absolute atomic E-state index is 0.576. The molecule has 2 rings (SSSR count). The van der Waals surface area contributed by atoms with Crippen LogP contribution in [-0.4, -0.2) is 44.4 Å². The summed E-state index contributed by atoms with van der Waals surface area (Å²) in [6, 6.07) is 7.39. The van der Waals surface area contributed by atoms with Crippen LogP contribution in [0.4, 0.5) is 17.5 Å². The molecule has 2 N–H and O–H groups in total. The van der Waals surface area contributed by atoms with Gasteiger partial charge in [0.25, 0.3) is 0 Å². The molecule has 1 aromatic carbocycles. The van der Waals surface area contributed by atoms with Crippen molar-refractivity contribution in [2.75, 3.05) is 45.1 Å². The number of aromatic nitrogens is 2. The van der Waals surface area contributed by atoms with Crippen molar-refractivity contribution in [2.24, 2.45) is 0 Å². The van der Waals surface area contributed by atoms with Crippen LogP contribution < -0.4 is 20.1 Å². The fourth-order valence-corrected chi connectivity index (χ4v) is 1.99. The maximum Gasteiger partial charge on any atom is 0.224 e. The van der Waals surface area contributed by atoms with Gasteiger partial charge in [0, 0.05) is 38.2 Å². The molecule has 0 radical (unpaired) electrons. The molecule has 0 bridgehead atoms. The summed E-state index contributed by atoms with van der Waals surface area (Å²) in [5.41, 5.74) is 0.853. The van der Waals surface area contributed by atoms with Crippen molar-refractivity contribution in [1.29, 1.82) is 0 Å². The molecular formula is C16H22N4O3. The van der Waals surface area contributed by atoms with E-state index in [1.54, 1.807) is 33.6 Å². The van der Waals surface area contributed by atoms with E-state index in [9.17, 15) is 0 Å². The van der Waals surface area contributed by atoms with Crippen LogP contribution in [-0.2, 0) is 4.74 Å². The maximum absolute atomic E-state index is 5.29. The zero-order chi connectivity index (χ0) is 16.5. The van der Waals surface area contributed by atoms with Crippen molar-refractivity contribution in [1.82, 2.24) is 9.97 Å². The van der Waals surface area contributed by atoms with Gasteiger partial charge in [-0.15, -0.1) is 0 Å². The van der Waals surface area contributed by atoms with Crippen molar-refractivity contribution in [3.63, 3.8) is 0 Å². The number of nitrogens with zero attached hydrogens (tertiary/aromatic N) is 2. The van der Waals surface area contributed by atoms with E-state index in [0.29, 0.717) is 29.9 Å². The molecule has 1 heterocycles. The number of rotatable bonds is 9. The first-order chi connectivity index (χ1) is 11.3. The third-order valence-corrected chi connectivity index (χ3v) is 3.12. The topological polar surface area (TPSA) is 77.5 Å². The Morgan fingerprint density at radius 1 is 1.04 bits per heavy atom. The molecule has 124 valence electrons. The van der Waals surface area contributed by atoms with Crippen LogP contribution in [0.5, 0.6) is 11.5 Å². The number of nitrogens with one attached hydrogen (secondary N) is 2. The Morgan fingerprint density at radius 2 is 1.87 bits per heavy atom. The molecular weight excluding hydrogens is 296 g/mol. The van der Waals surface area contributed by atoms with Crippen molar-refractivity contribution in [3.8, 4) is 11.5 Å². The van der Waals surface area contributed by atoms with Crippen LogP contribution in [0.15, 0.2) is 30.5 Å². The molecule has 23 heavy (non-hydrogen) atoms. The zero-order valence-electron chi connectivity index (χ0n) is 13.6. The minimum Gasteiger partial charge on any atom is -0.493 e. The van der Waals surface area contributed by atoms with Gasteiger partial charge in [-0.3, -0.25) is 0 Å². The Labute approximate surface area is 136 Å². The first kappa shape index (κ1) is 16.8. The first-order valence-corrected chi connectivity index (χ1v) is 7.31. The highest BCUT2D eigenvalue weighted by Gasteiger charge is 2.05. The molecule has 0 spiro atoms. The summed E-state index contributed by atoms with van der Waals surface area (Å²) in [5.74, 6) is 2.61. The summed E-state index contributed by atoms with van der Waals surface area (Å²) >= 11 is 0. The summed E-state index contributed by atoms with van der Waals surface area (Å²) in [6.45, 7) is 1.46. The minimum atomic E-state index is 0.576. The predicted octanol–water partition coefficient (Wildman–Crippen LogP) is 2.69. The van der Waals surface area contributed by atoms with Gasteiger partial charge in [-0.1, -0.05) is 0 Å². The summed E-state index contributed by atoms with van der Waals surface area (Å²) in [4.78, 5) is 8.61. The molecule has 0 saturated carbocycles. The Morgan fingerprint density at radius 3 is 2.61 bits per heavy atom. The van der Waals surface area contributed by atoms with Crippen molar-refractivity contribution < 1.29 is 14.2 Å². The molecule has 7 nitrogen and oxygen atoms in total. The van der Waals surface area contributed by atoms with Gasteiger partial charge in [0.05, 0.1) is 14.2 Å². The van der Waals surface area contributed by atoms with E-state index >= 15 is 0 Å². The van der Waals surface area contributed by atoms with E-state index in [1.165, 1.54) is 0 Å². The lowest BCUT2D eigenvalue weighted by Crippen LogP contribution is -2.08. The molecule has 0 unspecified atom stereocenters. The molecule has 0 aliphatic carbocycles. The van der Waals surface area contributed by atoms with Crippen molar-refractivity contribution >= 4 is 17.5 Å². The molecule has 0 amide bonds. The highest BCUT2D eigenvalue weighted by Crippen LogP contribution is 2.30. The normalized spacial score (nSPS) is 10.2. The number of benzene rings is 1. The molecule has 0 atom stereocenters. The SMILES string of the molecule is COCCCNc1nccc(Nc2ccc(OC)c(OC)c2)n1. The van der Waals surface area contributed by atoms with E-state index in [4.69, 9.17) is 14.2 Å². The number of anilines is 3. The van der Waals surface area contributed by atoms with Crippen LogP contribution in [0, 0.1) is 0 Å². The van der Waals surface area contributed by atoms with E-state index in [-0.39, 0.29) is 0 Å². The molecule has 0 saturated heterocycles. The fourth-order valence-electron chi connectivity index (χ4n) is 1.99. The van der Waals surface area contributed by atoms with E-state index in [1.807, 2.05) is 18.2 Å². The van der Waals surface area contributed by atoms with Crippen molar-refractivity contribution in [3.05, 3.63) is 30.5 Å². The van der Waals surface area contributed by atoms with Gasteiger partial charge in [-0.2, -0.15) is 4.98 Å². The number of hydrogen-bond donors (Lipinski definition) is 2. The van der Waals surface area contributed by atoms with Crippen LogP contribution >= 0.6 is 0 Å². The van der Waals surface area contributed by atoms with Gasteiger partial charge in [0.15, 0.2) is 11.5 Å². The summed E-state index contributed by atoms with van der Waals surface area (Å²) in [5, 5.41) is 6.38. The van der Waals surface area contributed by atoms with E-state index in [2.05, 4.69) is 20.6 Å². The third-order valence-electron chi connectivity index (χ3n) is 3.12. The van der Waals surface area contributed by atoms with Gasteiger partial charge in [0.2, 0.25) is 5.95 Å². The van der Waals surface area contributed by atoms with Gasteiger partial charge in [-0.05, 0) is 24.6 Å². The Balaban J connectivity index is 2.02. The molecule has 2 aromatic rings.